The minimum absolute atomic E-state index is 0.0815. The van der Waals surface area contributed by atoms with E-state index >= 15 is 0 Å². The van der Waals surface area contributed by atoms with E-state index in [2.05, 4.69) is 4.98 Å². The highest BCUT2D eigenvalue weighted by Crippen LogP contribution is 2.30. The molecule has 1 N–H and O–H groups in total. The average molecular weight is 372 g/mol. The molecule has 4 heteroatoms. The molecule has 0 spiro atoms. The highest BCUT2D eigenvalue weighted by atomic mass is 16.3. The van der Waals surface area contributed by atoms with Gasteiger partial charge < -0.3 is 10.0 Å². The lowest BCUT2D eigenvalue weighted by molar-refractivity contribution is 0.0730. The van der Waals surface area contributed by atoms with Crippen LogP contribution in [0, 0.1) is 0 Å². The predicted octanol–water partition coefficient (Wildman–Crippen LogP) is 4.09. The van der Waals surface area contributed by atoms with Crippen LogP contribution in [-0.2, 0) is 13.0 Å². The summed E-state index contributed by atoms with van der Waals surface area (Å²) in [6.45, 7) is 0.768. The van der Waals surface area contributed by atoms with Crippen LogP contribution in [0.2, 0.25) is 0 Å². The van der Waals surface area contributed by atoms with Gasteiger partial charge in [0.1, 0.15) is 0 Å². The van der Waals surface area contributed by atoms with Crippen LogP contribution >= 0.6 is 0 Å². The van der Waals surface area contributed by atoms with Gasteiger partial charge in [-0.05, 0) is 65.8 Å². The third kappa shape index (κ3) is 4.29. The van der Waals surface area contributed by atoms with Crippen molar-refractivity contribution in [1.29, 1.82) is 0 Å². The van der Waals surface area contributed by atoms with Crippen LogP contribution in [0.25, 0.3) is 11.1 Å². The minimum Gasteiger partial charge on any atom is -0.396 e. The third-order valence-electron chi connectivity index (χ3n) is 5.15. The molecule has 1 aliphatic rings. The predicted molar refractivity (Wildman–Crippen MR) is 110 cm³/mol. The smallest absolute Gasteiger partial charge is 0.254 e. The molecule has 1 heterocycles. The summed E-state index contributed by atoms with van der Waals surface area (Å²) in [6.07, 6.45) is 6.34. The maximum Gasteiger partial charge on any atom is 0.254 e. The van der Waals surface area contributed by atoms with Gasteiger partial charge in [0.05, 0.1) is 0 Å². The zero-order chi connectivity index (χ0) is 19.3. The zero-order valence-corrected chi connectivity index (χ0v) is 15.8. The summed E-state index contributed by atoms with van der Waals surface area (Å²) >= 11 is 0. The van der Waals surface area contributed by atoms with Gasteiger partial charge in [0.15, 0.2) is 0 Å². The van der Waals surface area contributed by atoms with Crippen LogP contribution in [0.3, 0.4) is 0 Å². The molecule has 1 saturated carbocycles. The van der Waals surface area contributed by atoms with Gasteiger partial charge in [0, 0.05) is 37.2 Å². The van der Waals surface area contributed by atoms with Crippen LogP contribution in [-0.4, -0.2) is 33.5 Å². The lowest BCUT2D eigenvalue weighted by Gasteiger charge is -2.23. The van der Waals surface area contributed by atoms with E-state index in [1.807, 2.05) is 65.6 Å². The molecule has 0 aliphatic heterocycles. The van der Waals surface area contributed by atoms with Crippen molar-refractivity contribution in [3.8, 4) is 11.1 Å². The van der Waals surface area contributed by atoms with E-state index in [0.29, 0.717) is 19.0 Å². The van der Waals surface area contributed by atoms with Crippen molar-refractivity contribution in [2.75, 3.05) is 6.61 Å². The fourth-order valence-electron chi connectivity index (χ4n) is 3.43. The standard InChI is InChI=1S/C24H24N2O2/c27-15-12-18-4-6-20(7-5-18)21-2-1-3-22(16-21)24(28)26(23-8-9-23)17-19-10-13-25-14-11-19/h1-7,10-11,13-14,16,23,27H,8-9,12,15,17H2. The molecule has 28 heavy (non-hydrogen) atoms. The summed E-state index contributed by atoms with van der Waals surface area (Å²) in [5, 5.41) is 9.07. The Labute approximate surface area is 165 Å². The summed E-state index contributed by atoms with van der Waals surface area (Å²) in [7, 11) is 0. The van der Waals surface area contributed by atoms with Crippen molar-refractivity contribution in [2.45, 2.75) is 31.8 Å². The lowest BCUT2D eigenvalue weighted by atomic mass is 10.0. The van der Waals surface area contributed by atoms with Crippen LogP contribution < -0.4 is 0 Å². The number of benzene rings is 2. The molecule has 0 bridgehead atoms. The number of aromatic nitrogens is 1. The zero-order valence-electron chi connectivity index (χ0n) is 15.8. The van der Waals surface area contributed by atoms with Crippen molar-refractivity contribution < 1.29 is 9.90 Å². The Morgan fingerprint density at radius 1 is 0.964 bits per heavy atom. The fraction of sp³-hybridized carbons (Fsp3) is 0.250. The molecule has 0 atom stereocenters. The highest BCUT2D eigenvalue weighted by molar-refractivity contribution is 5.95. The fourth-order valence-corrected chi connectivity index (χ4v) is 3.43. The Kier molecular flexibility index (Phi) is 5.49. The number of amides is 1. The van der Waals surface area contributed by atoms with Crippen molar-refractivity contribution in [2.24, 2.45) is 0 Å². The highest BCUT2D eigenvalue weighted by Gasteiger charge is 2.33. The Hall–Kier alpha value is -2.98. The van der Waals surface area contributed by atoms with E-state index in [4.69, 9.17) is 5.11 Å². The average Bonchev–Trinajstić information content (AvgIpc) is 3.58. The summed E-state index contributed by atoms with van der Waals surface area (Å²) < 4.78 is 0. The topological polar surface area (TPSA) is 53.4 Å². The number of carbonyl (C=O) groups excluding carboxylic acids is 1. The molecular formula is C24H24N2O2. The van der Waals surface area contributed by atoms with Crippen molar-refractivity contribution in [1.82, 2.24) is 9.88 Å². The first-order chi connectivity index (χ1) is 13.7. The second-order valence-corrected chi connectivity index (χ2v) is 7.27. The first-order valence-corrected chi connectivity index (χ1v) is 9.75. The molecule has 142 valence electrons. The number of hydrogen-bond acceptors (Lipinski definition) is 3. The van der Waals surface area contributed by atoms with Gasteiger partial charge in [-0.15, -0.1) is 0 Å². The van der Waals surface area contributed by atoms with Crippen LogP contribution in [0.5, 0.6) is 0 Å². The Morgan fingerprint density at radius 2 is 1.71 bits per heavy atom. The maximum absolute atomic E-state index is 13.2. The van der Waals surface area contributed by atoms with Crippen LogP contribution in [0.15, 0.2) is 73.1 Å². The number of pyridine rings is 1. The second-order valence-electron chi connectivity index (χ2n) is 7.27. The Balaban J connectivity index is 1.56. The number of aliphatic hydroxyl groups is 1. The molecule has 4 nitrogen and oxygen atoms in total. The Morgan fingerprint density at radius 3 is 2.39 bits per heavy atom. The van der Waals surface area contributed by atoms with E-state index in [1.54, 1.807) is 12.4 Å². The van der Waals surface area contributed by atoms with Gasteiger partial charge in [-0.3, -0.25) is 9.78 Å². The van der Waals surface area contributed by atoms with Gasteiger partial charge in [0.2, 0.25) is 0 Å². The lowest BCUT2D eigenvalue weighted by Crippen LogP contribution is -2.32. The molecule has 4 rings (SSSR count). The molecule has 1 fully saturated rings. The SMILES string of the molecule is O=C(c1cccc(-c2ccc(CCO)cc2)c1)N(Cc1ccncc1)C1CC1. The normalized spacial score (nSPS) is 13.3. The third-order valence-corrected chi connectivity index (χ3v) is 5.15. The Bertz CT molecular complexity index is 934. The van der Waals surface area contributed by atoms with E-state index in [9.17, 15) is 4.79 Å². The van der Waals surface area contributed by atoms with Crippen molar-refractivity contribution in [3.05, 3.63) is 89.7 Å². The van der Waals surface area contributed by atoms with Gasteiger partial charge in [0.25, 0.3) is 5.91 Å². The number of aliphatic hydroxyl groups excluding tert-OH is 1. The van der Waals surface area contributed by atoms with E-state index in [-0.39, 0.29) is 12.5 Å². The monoisotopic (exact) mass is 372 g/mol. The van der Waals surface area contributed by atoms with Crippen LogP contribution in [0.1, 0.15) is 34.3 Å². The largest absolute Gasteiger partial charge is 0.396 e. The molecule has 0 unspecified atom stereocenters. The summed E-state index contributed by atoms with van der Waals surface area (Å²) in [4.78, 5) is 19.3. The van der Waals surface area contributed by atoms with E-state index in [0.717, 1.165) is 40.7 Å². The number of carbonyl (C=O) groups is 1. The van der Waals surface area contributed by atoms with Crippen LogP contribution in [0.4, 0.5) is 0 Å². The quantitative estimate of drug-likeness (QED) is 0.680. The minimum atomic E-state index is 0.0815. The molecule has 0 radical (unpaired) electrons. The van der Waals surface area contributed by atoms with Crippen molar-refractivity contribution >= 4 is 5.91 Å². The number of hydrogen-bond donors (Lipinski definition) is 1. The molecule has 1 aromatic heterocycles. The summed E-state index contributed by atoms with van der Waals surface area (Å²) in [6, 6.07) is 20.3. The second kappa shape index (κ2) is 8.36. The van der Waals surface area contributed by atoms with Gasteiger partial charge in [-0.25, -0.2) is 0 Å². The molecule has 1 amide bonds. The molecular weight excluding hydrogens is 348 g/mol. The first-order valence-electron chi connectivity index (χ1n) is 9.75. The van der Waals surface area contributed by atoms with Gasteiger partial charge in [-0.1, -0.05) is 36.4 Å². The van der Waals surface area contributed by atoms with Gasteiger partial charge in [-0.2, -0.15) is 0 Å². The van der Waals surface area contributed by atoms with E-state index in [1.165, 1.54) is 0 Å². The number of nitrogens with zero attached hydrogens (tertiary/aromatic N) is 2. The van der Waals surface area contributed by atoms with Gasteiger partial charge >= 0.3 is 0 Å². The summed E-state index contributed by atoms with van der Waals surface area (Å²) in [5.41, 5.74) is 5.03. The molecule has 1 aliphatic carbocycles. The first kappa shape index (κ1) is 18.4. The van der Waals surface area contributed by atoms with E-state index < -0.39 is 0 Å². The number of rotatable bonds is 7. The maximum atomic E-state index is 13.2. The van der Waals surface area contributed by atoms with Crippen molar-refractivity contribution in [3.63, 3.8) is 0 Å². The summed E-state index contributed by atoms with van der Waals surface area (Å²) in [5.74, 6) is 0.0815. The molecule has 3 aromatic rings. The molecule has 0 saturated heterocycles. The molecule has 2 aromatic carbocycles.